The quantitative estimate of drug-likeness (QED) is 0.454. The zero-order valence-corrected chi connectivity index (χ0v) is 17.2. The third-order valence-corrected chi connectivity index (χ3v) is 4.61. The third kappa shape index (κ3) is 5.76. The van der Waals surface area contributed by atoms with Crippen LogP contribution in [0.4, 0.5) is 5.69 Å². The zero-order chi connectivity index (χ0) is 20.6. The fraction of sp³-hybridized carbons (Fsp3) is 0.0870. The van der Waals surface area contributed by atoms with Gasteiger partial charge in [0.2, 0.25) is 5.91 Å². The molecule has 0 atom stereocenters. The first kappa shape index (κ1) is 20.8. The molecule has 29 heavy (non-hydrogen) atoms. The number of anilines is 1. The van der Waals surface area contributed by atoms with Gasteiger partial charge in [-0.3, -0.25) is 4.79 Å². The van der Waals surface area contributed by atoms with Gasteiger partial charge in [-0.15, -0.1) is 0 Å². The molecule has 0 saturated carbocycles. The molecule has 0 heterocycles. The molecule has 148 valence electrons. The van der Waals surface area contributed by atoms with Crippen LogP contribution in [-0.4, -0.2) is 13.0 Å². The molecule has 3 rings (SSSR count). The van der Waals surface area contributed by atoms with Crippen LogP contribution in [0.25, 0.3) is 6.08 Å². The van der Waals surface area contributed by atoms with E-state index in [0.717, 1.165) is 11.1 Å². The summed E-state index contributed by atoms with van der Waals surface area (Å²) in [6.45, 7) is 0.384. The molecule has 3 aromatic rings. The number of nitrogens with one attached hydrogen (secondary N) is 1. The molecular weight excluding hydrogens is 409 g/mol. The molecule has 6 heteroatoms. The van der Waals surface area contributed by atoms with E-state index in [1.807, 2.05) is 48.5 Å². The SMILES string of the molecule is COc1cccc(/C=C/C(=O)Nc2ccc(Cl)cc2Cl)c1OCc1ccccc1. The van der Waals surface area contributed by atoms with E-state index in [2.05, 4.69) is 5.32 Å². The lowest BCUT2D eigenvalue weighted by atomic mass is 10.1. The highest BCUT2D eigenvalue weighted by atomic mass is 35.5. The Balaban J connectivity index is 1.76. The van der Waals surface area contributed by atoms with Crippen molar-refractivity contribution in [3.8, 4) is 11.5 Å². The lowest BCUT2D eigenvalue weighted by Crippen LogP contribution is -2.08. The van der Waals surface area contributed by atoms with E-state index >= 15 is 0 Å². The smallest absolute Gasteiger partial charge is 0.248 e. The minimum Gasteiger partial charge on any atom is -0.493 e. The van der Waals surface area contributed by atoms with Gasteiger partial charge in [0.1, 0.15) is 6.61 Å². The summed E-state index contributed by atoms with van der Waals surface area (Å²) in [6.07, 6.45) is 3.08. The molecule has 0 spiro atoms. The Morgan fingerprint density at radius 2 is 1.83 bits per heavy atom. The maximum Gasteiger partial charge on any atom is 0.248 e. The Morgan fingerprint density at radius 3 is 2.55 bits per heavy atom. The fourth-order valence-electron chi connectivity index (χ4n) is 2.64. The first-order chi connectivity index (χ1) is 14.1. The van der Waals surface area contributed by atoms with Crippen molar-refractivity contribution in [2.24, 2.45) is 0 Å². The first-order valence-corrected chi connectivity index (χ1v) is 9.60. The summed E-state index contributed by atoms with van der Waals surface area (Å²) in [7, 11) is 1.58. The van der Waals surface area contributed by atoms with Gasteiger partial charge >= 0.3 is 0 Å². The summed E-state index contributed by atoms with van der Waals surface area (Å²) in [5.74, 6) is 0.822. The van der Waals surface area contributed by atoms with E-state index in [4.69, 9.17) is 32.7 Å². The maximum atomic E-state index is 12.3. The Labute approximate surface area is 179 Å². The number of methoxy groups -OCH3 is 1. The highest BCUT2D eigenvalue weighted by Gasteiger charge is 2.10. The third-order valence-electron chi connectivity index (χ3n) is 4.06. The minimum atomic E-state index is -0.328. The molecule has 1 N–H and O–H groups in total. The monoisotopic (exact) mass is 427 g/mol. The van der Waals surface area contributed by atoms with Crippen LogP contribution >= 0.6 is 23.2 Å². The normalized spacial score (nSPS) is 10.7. The van der Waals surface area contributed by atoms with Crippen LogP contribution in [0.5, 0.6) is 11.5 Å². The van der Waals surface area contributed by atoms with E-state index < -0.39 is 0 Å². The zero-order valence-electron chi connectivity index (χ0n) is 15.7. The van der Waals surface area contributed by atoms with Crippen molar-refractivity contribution in [1.29, 1.82) is 0 Å². The summed E-state index contributed by atoms with van der Waals surface area (Å²) in [5.41, 5.74) is 2.23. The molecule has 0 aliphatic rings. The van der Waals surface area contributed by atoms with Crippen molar-refractivity contribution < 1.29 is 14.3 Å². The van der Waals surface area contributed by atoms with Crippen molar-refractivity contribution in [3.63, 3.8) is 0 Å². The summed E-state index contributed by atoms with van der Waals surface area (Å²) >= 11 is 12.0. The topological polar surface area (TPSA) is 47.6 Å². The van der Waals surface area contributed by atoms with Crippen molar-refractivity contribution in [1.82, 2.24) is 0 Å². The number of carbonyl (C=O) groups excluding carboxylic acids is 1. The molecule has 0 radical (unpaired) electrons. The van der Waals surface area contributed by atoms with Gasteiger partial charge < -0.3 is 14.8 Å². The highest BCUT2D eigenvalue weighted by molar-refractivity contribution is 6.36. The summed E-state index contributed by atoms with van der Waals surface area (Å²) in [4.78, 5) is 12.3. The van der Waals surface area contributed by atoms with Crippen molar-refractivity contribution in [2.45, 2.75) is 6.61 Å². The first-order valence-electron chi connectivity index (χ1n) is 8.84. The summed E-state index contributed by atoms with van der Waals surface area (Å²) in [5, 5.41) is 3.59. The molecule has 4 nitrogen and oxygen atoms in total. The average molecular weight is 428 g/mol. The van der Waals surface area contributed by atoms with Gasteiger partial charge in [-0.25, -0.2) is 0 Å². The number of halogens is 2. The van der Waals surface area contributed by atoms with Gasteiger partial charge in [-0.05, 0) is 35.9 Å². The highest BCUT2D eigenvalue weighted by Crippen LogP contribution is 2.33. The second-order valence-corrected chi connectivity index (χ2v) is 6.94. The van der Waals surface area contributed by atoms with Crippen LogP contribution in [0.2, 0.25) is 10.0 Å². The molecular formula is C23H19Cl2NO3. The van der Waals surface area contributed by atoms with E-state index in [0.29, 0.717) is 33.8 Å². The Kier molecular flexibility index (Phi) is 7.17. The molecule has 1 amide bonds. The van der Waals surface area contributed by atoms with E-state index in [1.165, 1.54) is 6.08 Å². The number of hydrogen-bond donors (Lipinski definition) is 1. The van der Waals surface area contributed by atoms with Crippen LogP contribution in [0.1, 0.15) is 11.1 Å². The fourth-order valence-corrected chi connectivity index (χ4v) is 3.10. The molecule has 0 aliphatic carbocycles. The largest absolute Gasteiger partial charge is 0.493 e. The lowest BCUT2D eigenvalue weighted by molar-refractivity contribution is -0.111. The predicted molar refractivity (Wildman–Crippen MR) is 118 cm³/mol. The number of carbonyl (C=O) groups is 1. The molecule has 0 aromatic heterocycles. The number of rotatable bonds is 7. The Morgan fingerprint density at radius 1 is 1.03 bits per heavy atom. The number of para-hydroxylation sites is 1. The average Bonchev–Trinajstić information content (AvgIpc) is 2.73. The molecule has 0 aliphatic heterocycles. The molecule has 0 saturated heterocycles. The van der Waals surface area contributed by atoms with Crippen LogP contribution in [0, 0.1) is 0 Å². The number of hydrogen-bond acceptors (Lipinski definition) is 3. The Hall–Kier alpha value is -2.95. The number of amides is 1. The van der Waals surface area contributed by atoms with Crippen LogP contribution < -0.4 is 14.8 Å². The lowest BCUT2D eigenvalue weighted by Gasteiger charge is -2.13. The molecule has 0 bridgehead atoms. The van der Waals surface area contributed by atoms with Crippen molar-refractivity contribution in [3.05, 3.63) is 94.0 Å². The van der Waals surface area contributed by atoms with Gasteiger partial charge in [-0.1, -0.05) is 65.7 Å². The summed E-state index contributed by atoms with van der Waals surface area (Å²) in [6, 6.07) is 20.2. The second kappa shape index (κ2) is 10.0. The summed E-state index contributed by atoms with van der Waals surface area (Å²) < 4.78 is 11.4. The van der Waals surface area contributed by atoms with E-state index in [-0.39, 0.29) is 5.91 Å². The molecule has 0 fully saturated rings. The van der Waals surface area contributed by atoms with Gasteiger partial charge in [0.05, 0.1) is 17.8 Å². The van der Waals surface area contributed by atoms with Crippen LogP contribution in [-0.2, 0) is 11.4 Å². The van der Waals surface area contributed by atoms with Gasteiger partial charge in [0.25, 0.3) is 0 Å². The molecule has 3 aromatic carbocycles. The standard InChI is InChI=1S/C23H19Cl2NO3/c1-28-21-9-5-8-17(23(21)29-15-16-6-3-2-4-7-16)10-13-22(27)26-20-12-11-18(24)14-19(20)25/h2-14H,15H2,1H3,(H,26,27)/b13-10+. The Bertz CT molecular complexity index is 1020. The van der Waals surface area contributed by atoms with E-state index in [9.17, 15) is 4.79 Å². The van der Waals surface area contributed by atoms with Crippen molar-refractivity contribution >= 4 is 40.9 Å². The van der Waals surface area contributed by atoms with Gasteiger partial charge in [0.15, 0.2) is 11.5 Å². The van der Waals surface area contributed by atoms with Crippen LogP contribution in [0.3, 0.4) is 0 Å². The predicted octanol–water partition coefficient (Wildman–Crippen LogP) is 6.23. The van der Waals surface area contributed by atoms with Gasteiger partial charge in [-0.2, -0.15) is 0 Å². The maximum absolute atomic E-state index is 12.3. The van der Waals surface area contributed by atoms with E-state index in [1.54, 1.807) is 31.4 Å². The van der Waals surface area contributed by atoms with Gasteiger partial charge in [0, 0.05) is 16.7 Å². The molecule has 0 unspecified atom stereocenters. The van der Waals surface area contributed by atoms with Crippen molar-refractivity contribution in [2.75, 3.05) is 12.4 Å². The van der Waals surface area contributed by atoms with Crippen LogP contribution in [0.15, 0.2) is 72.8 Å². The second-order valence-electron chi connectivity index (χ2n) is 6.10. The number of benzene rings is 3. The number of ether oxygens (including phenoxy) is 2. The minimum absolute atomic E-state index is 0.328.